The van der Waals surface area contributed by atoms with Gasteiger partial charge in [-0.05, 0) is 77.7 Å². The smallest absolute Gasteiger partial charge is 0.338 e. The largest absolute Gasteiger partial charge is 0.465 e. The first-order valence-electron chi connectivity index (χ1n) is 12.0. The Bertz CT molecular complexity index is 1040. The number of carbonyl (C=O) groups excluding carboxylic acids is 1. The van der Waals surface area contributed by atoms with Gasteiger partial charge in [-0.3, -0.25) is 0 Å². The van der Waals surface area contributed by atoms with Gasteiger partial charge in [0.2, 0.25) is 0 Å². The number of benzene rings is 2. The van der Waals surface area contributed by atoms with E-state index in [-0.39, 0.29) is 12.1 Å². The maximum atomic E-state index is 12.5. The molecule has 4 nitrogen and oxygen atoms in total. The second-order valence-corrected chi connectivity index (χ2v) is 9.79. The highest BCUT2D eigenvalue weighted by Gasteiger charge is 2.22. The predicted octanol–water partition coefficient (Wildman–Crippen LogP) is 7.37. The van der Waals surface area contributed by atoms with Crippen molar-refractivity contribution in [1.82, 2.24) is 4.37 Å². The highest BCUT2D eigenvalue weighted by Crippen LogP contribution is 2.35. The first-order chi connectivity index (χ1) is 16.2. The van der Waals surface area contributed by atoms with Gasteiger partial charge in [-0.15, -0.1) is 0 Å². The maximum absolute atomic E-state index is 12.5. The van der Waals surface area contributed by atoms with Crippen LogP contribution in [-0.4, -0.2) is 24.1 Å². The lowest BCUT2D eigenvalue weighted by Gasteiger charge is -2.22. The highest BCUT2D eigenvalue weighted by molar-refractivity contribution is 7.05. The highest BCUT2D eigenvalue weighted by atomic mass is 32.1. The van der Waals surface area contributed by atoms with E-state index >= 15 is 0 Å². The Labute approximate surface area is 201 Å². The zero-order chi connectivity index (χ0) is 23.0. The molecule has 1 aliphatic carbocycles. The fourth-order valence-electron chi connectivity index (χ4n) is 4.86. The first kappa shape index (κ1) is 23.7. The van der Waals surface area contributed by atoms with Crippen molar-refractivity contribution in [2.24, 2.45) is 5.92 Å². The summed E-state index contributed by atoms with van der Waals surface area (Å²) in [6.07, 6.45) is 10.8. The standard InChI is InChI=1S/C28H33NO3S/c1-20-9-6-7-13-23(20)25-19-22(14-15-24(25)28(30)31-2)27(26-16-17-29-33-26)32-18-8-12-21-10-4-3-5-11-21/h6-7,9,13-17,19,21,27H,3-5,8,10-12,18H2,1-2H3. The Kier molecular flexibility index (Phi) is 8.30. The summed E-state index contributed by atoms with van der Waals surface area (Å²) in [7, 11) is 1.42. The van der Waals surface area contributed by atoms with E-state index in [0.717, 1.165) is 46.1 Å². The number of carbonyl (C=O) groups is 1. The average Bonchev–Trinajstić information content (AvgIpc) is 3.39. The Hall–Kier alpha value is -2.50. The molecule has 1 aromatic heterocycles. The van der Waals surface area contributed by atoms with Crippen LogP contribution in [0.2, 0.25) is 0 Å². The van der Waals surface area contributed by atoms with Crippen LogP contribution in [0.25, 0.3) is 11.1 Å². The fourth-order valence-corrected chi connectivity index (χ4v) is 5.53. The van der Waals surface area contributed by atoms with Crippen molar-refractivity contribution < 1.29 is 14.3 Å². The minimum atomic E-state index is -0.331. The molecule has 1 unspecified atom stereocenters. The molecule has 0 radical (unpaired) electrons. The summed E-state index contributed by atoms with van der Waals surface area (Å²) in [4.78, 5) is 13.6. The molecule has 2 aromatic carbocycles. The Morgan fingerprint density at radius 1 is 1.09 bits per heavy atom. The number of aromatic nitrogens is 1. The van der Waals surface area contributed by atoms with Gasteiger partial charge in [-0.1, -0.05) is 62.4 Å². The second-order valence-electron chi connectivity index (χ2n) is 8.92. The minimum absolute atomic E-state index is 0.196. The number of esters is 1. The average molecular weight is 464 g/mol. The summed E-state index contributed by atoms with van der Waals surface area (Å²) in [5, 5.41) is 0. The van der Waals surface area contributed by atoms with E-state index in [1.54, 1.807) is 0 Å². The van der Waals surface area contributed by atoms with Crippen molar-refractivity contribution >= 4 is 17.5 Å². The van der Waals surface area contributed by atoms with Crippen LogP contribution in [0.5, 0.6) is 0 Å². The van der Waals surface area contributed by atoms with Gasteiger partial charge in [0.05, 0.1) is 17.6 Å². The monoisotopic (exact) mass is 463 g/mol. The number of aryl methyl sites for hydroxylation is 1. The van der Waals surface area contributed by atoms with E-state index in [0.29, 0.717) is 5.56 Å². The van der Waals surface area contributed by atoms with Gasteiger partial charge >= 0.3 is 5.97 Å². The number of ether oxygens (including phenoxy) is 2. The molecule has 0 N–H and O–H groups in total. The van der Waals surface area contributed by atoms with Gasteiger partial charge in [0.15, 0.2) is 0 Å². The summed E-state index contributed by atoms with van der Waals surface area (Å²) in [5.74, 6) is 0.527. The van der Waals surface area contributed by atoms with Gasteiger partial charge in [0.25, 0.3) is 0 Å². The molecule has 5 heteroatoms. The van der Waals surface area contributed by atoms with Crippen LogP contribution >= 0.6 is 11.5 Å². The van der Waals surface area contributed by atoms with E-state index in [1.807, 2.05) is 42.6 Å². The van der Waals surface area contributed by atoms with Crippen LogP contribution in [-0.2, 0) is 9.47 Å². The summed E-state index contributed by atoms with van der Waals surface area (Å²) < 4.78 is 15.8. The molecular weight excluding hydrogens is 430 g/mol. The first-order valence-corrected chi connectivity index (χ1v) is 12.7. The van der Waals surface area contributed by atoms with Crippen LogP contribution in [0.3, 0.4) is 0 Å². The summed E-state index contributed by atoms with van der Waals surface area (Å²) in [6, 6.07) is 16.1. The second kappa shape index (κ2) is 11.6. The molecule has 1 aliphatic rings. The molecule has 0 bridgehead atoms. The van der Waals surface area contributed by atoms with Crippen molar-refractivity contribution in [3.63, 3.8) is 0 Å². The molecular formula is C28H33NO3S. The van der Waals surface area contributed by atoms with Crippen molar-refractivity contribution in [3.05, 3.63) is 76.3 Å². The van der Waals surface area contributed by atoms with Gasteiger partial charge in [-0.2, -0.15) is 0 Å². The van der Waals surface area contributed by atoms with Crippen LogP contribution in [0.1, 0.15) is 77.4 Å². The van der Waals surface area contributed by atoms with Crippen LogP contribution < -0.4 is 0 Å². The summed E-state index contributed by atoms with van der Waals surface area (Å²) >= 11 is 1.47. The lowest BCUT2D eigenvalue weighted by atomic mass is 9.86. The molecule has 0 saturated heterocycles. The normalized spacial score (nSPS) is 15.3. The zero-order valence-corrected chi connectivity index (χ0v) is 20.4. The Morgan fingerprint density at radius 3 is 2.64 bits per heavy atom. The van der Waals surface area contributed by atoms with E-state index < -0.39 is 0 Å². The van der Waals surface area contributed by atoms with Crippen LogP contribution in [0.15, 0.2) is 54.7 Å². The number of nitrogens with zero attached hydrogens (tertiary/aromatic N) is 1. The maximum Gasteiger partial charge on any atom is 0.338 e. The van der Waals surface area contributed by atoms with Gasteiger partial charge in [0, 0.05) is 12.8 Å². The fraction of sp³-hybridized carbons (Fsp3) is 0.429. The molecule has 4 rings (SSSR count). The Morgan fingerprint density at radius 2 is 1.91 bits per heavy atom. The summed E-state index contributed by atoms with van der Waals surface area (Å²) in [5.41, 5.74) is 4.61. The Balaban J connectivity index is 1.59. The molecule has 1 atom stereocenters. The number of methoxy groups -OCH3 is 1. The SMILES string of the molecule is COC(=O)c1ccc(C(OCCCC2CCCCC2)c2ccns2)cc1-c1ccccc1C. The van der Waals surface area contributed by atoms with Crippen molar-refractivity contribution in [1.29, 1.82) is 0 Å². The van der Waals surface area contributed by atoms with Crippen molar-refractivity contribution in [3.8, 4) is 11.1 Å². The van der Waals surface area contributed by atoms with Gasteiger partial charge in [-0.25, -0.2) is 9.17 Å². The lowest BCUT2D eigenvalue weighted by molar-refractivity contribution is 0.0600. The van der Waals surface area contributed by atoms with Gasteiger partial charge in [0.1, 0.15) is 6.10 Å². The topological polar surface area (TPSA) is 48.4 Å². The molecule has 174 valence electrons. The van der Waals surface area contributed by atoms with Crippen LogP contribution in [0, 0.1) is 12.8 Å². The molecule has 0 spiro atoms. The molecule has 1 heterocycles. The molecule has 3 aromatic rings. The van der Waals surface area contributed by atoms with Gasteiger partial charge < -0.3 is 9.47 Å². The van der Waals surface area contributed by atoms with Crippen LogP contribution in [0.4, 0.5) is 0 Å². The van der Waals surface area contributed by atoms with Crippen molar-refractivity contribution in [2.75, 3.05) is 13.7 Å². The number of hydrogen-bond acceptors (Lipinski definition) is 5. The van der Waals surface area contributed by atoms with Crippen molar-refractivity contribution in [2.45, 2.75) is 58.0 Å². The molecule has 1 fully saturated rings. The van der Waals surface area contributed by atoms with E-state index in [4.69, 9.17) is 9.47 Å². The zero-order valence-electron chi connectivity index (χ0n) is 19.6. The number of rotatable bonds is 9. The molecule has 1 saturated carbocycles. The lowest BCUT2D eigenvalue weighted by Crippen LogP contribution is -2.11. The molecule has 33 heavy (non-hydrogen) atoms. The van der Waals surface area contributed by atoms with E-state index in [2.05, 4.69) is 23.4 Å². The third-order valence-corrected chi connectivity index (χ3v) is 7.46. The predicted molar refractivity (Wildman–Crippen MR) is 134 cm³/mol. The summed E-state index contributed by atoms with van der Waals surface area (Å²) in [6.45, 7) is 2.78. The third kappa shape index (κ3) is 5.90. The minimum Gasteiger partial charge on any atom is -0.465 e. The number of hydrogen-bond donors (Lipinski definition) is 0. The quantitative estimate of drug-likeness (QED) is 0.245. The molecule has 0 amide bonds. The van der Waals surface area contributed by atoms with E-state index in [1.165, 1.54) is 57.2 Å². The third-order valence-electron chi connectivity index (χ3n) is 6.67. The van der Waals surface area contributed by atoms with E-state index in [9.17, 15) is 4.79 Å². The molecule has 0 aliphatic heterocycles.